The molecule has 0 aliphatic heterocycles. The molecule has 2 aromatic carbocycles. The molecular formula is C20H24N2O3. The predicted octanol–water partition coefficient (Wildman–Crippen LogP) is 3.59. The Kier molecular flexibility index (Phi) is 6.17. The lowest BCUT2D eigenvalue weighted by atomic mass is 10.0. The number of benzene rings is 2. The van der Waals surface area contributed by atoms with Crippen molar-refractivity contribution in [1.29, 1.82) is 0 Å². The average molecular weight is 340 g/mol. The first kappa shape index (κ1) is 18.5. The summed E-state index contributed by atoms with van der Waals surface area (Å²) in [7, 11) is 0. The highest BCUT2D eigenvalue weighted by molar-refractivity contribution is 6.04. The van der Waals surface area contributed by atoms with Gasteiger partial charge in [0, 0.05) is 22.5 Å². The van der Waals surface area contributed by atoms with Crippen molar-refractivity contribution in [2.45, 2.75) is 27.2 Å². The number of rotatable bonds is 7. The number of aromatic hydroxyl groups is 2. The van der Waals surface area contributed by atoms with Crippen molar-refractivity contribution in [2.24, 2.45) is 4.99 Å². The molecule has 5 heteroatoms. The van der Waals surface area contributed by atoms with Crippen LogP contribution in [0, 0.1) is 13.8 Å². The van der Waals surface area contributed by atoms with Crippen molar-refractivity contribution in [1.82, 2.24) is 0 Å². The molecule has 0 radical (unpaired) electrons. The maximum absolute atomic E-state index is 12.1. The zero-order valence-electron chi connectivity index (χ0n) is 14.8. The van der Waals surface area contributed by atoms with Gasteiger partial charge in [0.05, 0.1) is 13.1 Å². The van der Waals surface area contributed by atoms with E-state index in [1.807, 2.05) is 38.1 Å². The fourth-order valence-electron chi connectivity index (χ4n) is 2.42. The number of carbonyl (C=O) groups is 1. The van der Waals surface area contributed by atoms with Crippen LogP contribution in [0.25, 0.3) is 0 Å². The van der Waals surface area contributed by atoms with Gasteiger partial charge in [-0.15, -0.1) is 0 Å². The Hall–Kier alpha value is -2.82. The molecule has 132 valence electrons. The van der Waals surface area contributed by atoms with E-state index in [-0.39, 0.29) is 30.4 Å². The zero-order chi connectivity index (χ0) is 18.4. The lowest BCUT2D eigenvalue weighted by Gasteiger charge is -2.10. The van der Waals surface area contributed by atoms with E-state index in [1.54, 1.807) is 13.0 Å². The molecule has 0 aliphatic rings. The van der Waals surface area contributed by atoms with Gasteiger partial charge >= 0.3 is 0 Å². The van der Waals surface area contributed by atoms with Crippen LogP contribution in [0.1, 0.15) is 30.0 Å². The molecule has 0 unspecified atom stereocenters. The second-order valence-corrected chi connectivity index (χ2v) is 5.98. The molecule has 2 rings (SSSR count). The van der Waals surface area contributed by atoms with Crippen LogP contribution in [0.3, 0.4) is 0 Å². The van der Waals surface area contributed by atoms with Crippen molar-refractivity contribution in [2.75, 3.05) is 18.4 Å². The Morgan fingerprint density at radius 3 is 2.40 bits per heavy atom. The van der Waals surface area contributed by atoms with Crippen LogP contribution in [0.15, 0.2) is 41.4 Å². The number of aryl methyl sites for hydroxylation is 1. The van der Waals surface area contributed by atoms with Crippen molar-refractivity contribution >= 4 is 17.2 Å². The van der Waals surface area contributed by atoms with E-state index in [0.717, 1.165) is 11.3 Å². The minimum Gasteiger partial charge on any atom is -0.508 e. The van der Waals surface area contributed by atoms with E-state index >= 15 is 0 Å². The molecule has 0 aromatic heterocycles. The van der Waals surface area contributed by atoms with E-state index in [9.17, 15) is 15.0 Å². The molecular weight excluding hydrogens is 316 g/mol. The number of nitrogens with zero attached hydrogens (tertiary/aromatic N) is 1. The average Bonchev–Trinajstić information content (AvgIpc) is 2.61. The first-order valence-electron chi connectivity index (χ1n) is 8.29. The second kappa shape index (κ2) is 8.33. The van der Waals surface area contributed by atoms with Gasteiger partial charge in [0.25, 0.3) is 0 Å². The molecule has 0 bridgehead atoms. The summed E-state index contributed by atoms with van der Waals surface area (Å²) in [6.45, 7) is 5.80. The summed E-state index contributed by atoms with van der Waals surface area (Å²) in [5.74, 6) is 0.00224. The Bertz CT molecular complexity index is 780. The largest absolute Gasteiger partial charge is 0.508 e. The van der Waals surface area contributed by atoms with E-state index in [1.165, 1.54) is 6.07 Å². The highest BCUT2D eigenvalue weighted by atomic mass is 16.3. The Balaban J connectivity index is 2.01. The molecule has 5 nitrogen and oxygen atoms in total. The predicted molar refractivity (Wildman–Crippen MR) is 101 cm³/mol. The van der Waals surface area contributed by atoms with Gasteiger partial charge in [-0.3, -0.25) is 9.79 Å². The van der Waals surface area contributed by atoms with Crippen LogP contribution in [0.4, 0.5) is 5.69 Å². The molecule has 2 aromatic rings. The van der Waals surface area contributed by atoms with E-state index in [2.05, 4.69) is 10.3 Å². The monoisotopic (exact) mass is 340 g/mol. The Labute approximate surface area is 148 Å². The topological polar surface area (TPSA) is 81.9 Å². The van der Waals surface area contributed by atoms with Crippen LogP contribution in [0.5, 0.6) is 11.5 Å². The van der Waals surface area contributed by atoms with E-state index in [4.69, 9.17) is 0 Å². The minimum absolute atomic E-state index is 0.00540. The third kappa shape index (κ3) is 4.83. The number of nitrogens with one attached hydrogen (secondary N) is 1. The number of ketones is 1. The van der Waals surface area contributed by atoms with Gasteiger partial charge in [-0.2, -0.15) is 0 Å². The molecule has 0 aliphatic carbocycles. The van der Waals surface area contributed by atoms with Crippen LogP contribution in [0.2, 0.25) is 0 Å². The van der Waals surface area contributed by atoms with Gasteiger partial charge in [-0.1, -0.05) is 24.6 Å². The van der Waals surface area contributed by atoms with Crippen molar-refractivity contribution in [3.63, 3.8) is 0 Å². The molecule has 0 amide bonds. The van der Waals surface area contributed by atoms with Gasteiger partial charge in [0.15, 0.2) is 5.78 Å². The minimum atomic E-state index is -0.0403. The lowest BCUT2D eigenvalue weighted by molar-refractivity contribution is -0.116. The Morgan fingerprint density at radius 2 is 1.76 bits per heavy atom. The fraction of sp³-hybridized carbons (Fsp3) is 0.300. The highest BCUT2D eigenvalue weighted by Crippen LogP contribution is 2.30. The van der Waals surface area contributed by atoms with Crippen LogP contribution in [-0.4, -0.2) is 34.8 Å². The summed E-state index contributed by atoms with van der Waals surface area (Å²) >= 11 is 0. The number of aliphatic imine (C=N–C) groups is 1. The molecule has 25 heavy (non-hydrogen) atoms. The lowest BCUT2D eigenvalue weighted by Crippen LogP contribution is -2.17. The summed E-state index contributed by atoms with van der Waals surface area (Å²) < 4.78 is 0. The van der Waals surface area contributed by atoms with Crippen LogP contribution < -0.4 is 5.32 Å². The zero-order valence-corrected chi connectivity index (χ0v) is 14.8. The van der Waals surface area contributed by atoms with Crippen molar-refractivity contribution < 1.29 is 15.0 Å². The molecule has 0 spiro atoms. The maximum Gasteiger partial charge on any atom is 0.173 e. The molecule has 0 atom stereocenters. The van der Waals surface area contributed by atoms with Gasteiger partial charge < -0.3 is 15.5 Å². The number of carbonyl (C=O) groups excluding carboxylic acids is 1. The second-order valence-electron chi connectivity index (χ2n) is 5.98. The number of hydrogen-bond acceptors (Lipinski definition) is 5. The van der Waals surface area contributed by atoms with Crippen molar-refractivity contribution in [3.8, 4) is 11.5 Å². The van der Waals surface area contributed by atoms with Gasteiger partial charge in [-0.25, -0.2) is 0 Å². The SMILES string of the molecule is CCC(=NCC(=O)CNc1ccc(C)cc1)c1ccc(O)c(C)c1O. The summed E-state index contributed by atoms with van der Waals surface area (Å²) in [6.07, 6.45) is 0.580. The summed E-state index contributed by atoms with van der Waals surface area (Å²) in [5, 5.41) is 22.9. The molecule has 0 fully saturated rings. The molecule has 0 saturated heterocycles. The quantitative estimate of drug-likeness (QED) is 0.673. The molecule has 0 saturated carbocycles. The third-order valence-corrected chi connectivity index (χ3v) is 4.04. The normalized spacial score (nSPS) is 11.4. The number of phenolic OH excluding ortho intramolecular Hbond substituents is 2. The maximum atomic E-state index is 12.1. The summed E-state index contributed by atoms with van der Waals surface area (Å²) in [6, 6.07) is 11.0. The molecule has 0 heterocycles. The van der Waals surface area contributed by atoms with Crippen LogP contribution >= 0.6 is 0 Å². The fourth-order valence-corrected chi connectivity index (χ4v) is 2.42. The van der Waals surface area contributed by atoms with Crippen LogP contribution in [-0.2, 0) is 4.79 Å². The molecule has 3 N–H and O–H groups in total. The summed E-state index contributed by atoms with van der Waals surface area (Å²) in [5.41, 5.74) is 3.66. The number of phenols is 2. The van der Waals surface area contributed by atoms with Gasteiger partial charge in [-0.05, 0) is 44.5 Å². The summed E-state index contributed by atoms with van der Waals surface area (Å²) in [4.78, 5) is 16.4. The van der Waals surface area contributed by atoms with E-state index in [0.29, 0.717) is 23.3 Å². The third-order valence-electron chi connectivity index (χ3n) is 4.04. The van der Waals surface area contributed by atoms with Crippen molar-refractivity contribution in [3.05, 3.63) is 53.1 Å². The smallest absolute Gasteiger partial charge is 0.173 e. The van der Waals surface area contributed by atoms with Gasteiger partial charge in [0.2, 0.25) is 0 Å². The number of anilines is 1. The number of hydrogen-bond donors (Lipinski definition) is 3. The first-order valence-corrected chi connectivity index (χ1v) is 8.29. The highest BCUT2D eigenvalue weighted by Gasteiger charge is 2.13. The standard InChI is InChI=1S/C20H24N2O3/c1-4-18(17-9-10-19(24)14(3)20(17)25)22-12-16(23)11-21-15-7-5-13(2)6-8-15/h5-10,21,24-25H,4,11-12H2,1-3H3. The first-order chi connectivity index (χ1) is 11.9. The van der Waals surface area contributed by atoms with Gasteiger partial charge in [0.1, 0.15) is 11.5 Å². The Morgan fingerprint density at radius 1 is 1.08 bits per heavy atom. The van der Waals surface area contributed by atoms with E-state index < -0.39 is 0 Å². The number of Topliss-reactive ketones (excluding diaryl/α,β-unsaturated/α-hetero) is 1.